The molecule has 648 valence electrons. The van der Waals surface area contributed by atoms with Crippen LogP contribution in [0.4, 0.5) is 129 Å². The average Bonchev–Trinajstić information content (AvgIpc) is 3.21. The van der Waals surface area contributed by atoms with Crippen molar-refractivity contribution in [1.29, 1.82) is 0 Å². The third-order valence-corrected chi connectivity index (χ3v) is 0. The van der Waals surface area contributed by atoms with Gasteiger partial charge in [-0.2, -0.15) is 0 Å². The summed E-state index contributed by atoms with van der Waals surface area (Å²) in [6, 6.07) is 0. The van der Waals surface area contributed by atoms with Gasteiger partial charge in [-0.25, -0.2) is 125 Å². The van der Waals surface area contributed by atoms with Gasteiger partial charge in [0, 0.05) is 0 Å². The Bertz CT molecular complexity index is 1490. The zero-order valence-corrected chi connectivity index (χ0v) is 54.6. The SMILES string of the molecule is O=C(O)O.O=C(O)O.O=C(O)O.O=C(O)O.O=C(O)O.O=C(O)O.O=C(O)O.O=C(O)O.O=C(O)O.O=C(O)O.O=C(O)O.O=C(O)O.O=C(O)O.O=C(O)O.O=C(O)O.O=C(O)O.O=C(O)O.O=C(O)O.O=C(O)O.O=C(O)O.O=C(O)O.O=C(O)O.O=C(O)O.O=C(O)O.O=C(O)O.O=C(O)O.O=C([O-])[O-].[Na+].[Na+]. The summed E-state index contributed by atoms with van der Waals surface area (Å²) in [6.07, 6.45) is -50.0. The number of carbonyl (C=O) groups is 27. The summed E-state index contributed by atoms with van der Waals surface area (Å²) < 4.78 is 0. The largest absolute Gasteiger partial charge is 1.00 e. The third-order valence-electron chi connectivity index (χ3n) is 0. The molecule has 0 aliphatic heterocycles. The van der Waals surface area contributed by atoms with Gasteiger partial charge in [-0.1, -0.05) is 0 Å². The van der Waals surface area contributed by atoms with E-state index in [1.165, 1.54) is 0 Å². The molecule has 0 bridgehead atoms. The maximum Gasteiger partial charge on any atom is 1.00 e. The Morgan fingerprint density at radius 2 is 0.0909 bits per heavy atom. The Balaban J connectivity index is -0.0000000229. The Morgan fingerprint density at radius 1 is 0.0909 bits per heavy atom. The normalized spacial score (nSPS) is 5.89. The van der Waals surface area contributed by atoms with Crippen LogP contribution in [0.2, 0.25) is 0 Å². The Hall–Kier alpha value is -17.7. The molecule has 110 heavy (non-hydrogen) atoms. The number of carboxylic acid groups (broad SMARTS) is 54. The van der Waals surface area contributed by atoms with Crippen molar-refractivity contribution >= 4 is 166 Å². The van der Waals surface area contributed by atoms with Crippen molar-refractivity contribution in [1.82, 2.24) is 0 Å². The molecule has 0 unspecified atom stereocenters. The molecule has 0 aliphatic rings. The van der Waals surface area contributed by atoms with Crippen LogP contribution in [0.15, 0.2) is 0 Å². The van der Waals surface area contributed by atoms with Crippen LogP contribution in [0.5, 0.6) is 0 Å². The molecule has 0 saturated carbocycles. The molecule has 52 N–H and O–H groups in total. The van der Waals surface area contributed by atoms with Crippen LogP contribution in [0.3, 0.4) is 0 Å². The van der Waals surface area contributed by atoms with E-state index in [0.717, 1.165) is 0 Å². The zero-order chi connectivity index (χ0) is 96.6. The van der Waals surface area contributed by atoms with E-state index in [-0.39, 0.29) is 59.1 Å². The molecule has 0 rings (SSSR count). The Labute approximate surface area is 628 Å². The molecule has 0 heterocycles. The molecular weight excluding hydrogens is 1670 g/mol. The molecule has 0 spiro atoms. The van der Waals surface area contributed by atoms with Gasteiger partial charge in [-0.05, 0) is 6.16 Å². The summed E-state index contributed by atoms with van der Waals surface area (Å²) >= 11 is 0. The van der Waals surface area contributed by atoms with Gasteiger partial charge in [0.2, 0.25) is 0 Å². The van der Waals surface area contributed by atoms with E-state index in [1.54, 1.807) is 0 Å². The second-order valence-electron chi connectivity index (χ2n) is 7.60. The van der Waals surface area contributed by atoms with E-state index in [9.17, 15) is 0 Å². The molecule has 0 atom stereocenters. The van der Waals surface area contributed by atoms with Gasteiger partial charge in [0.1, 0.15) is 0 Å². The Kier molecular flexibility index (Phi) is 324. The van der Waals surface area contributed by atoms with Crippen molar-refractivity contribution in [3.8, 4) is 0 Å². The zero-order valence-electron chi connectivity index (χ0n) is 50.6. The molecule has 0 saturated heterocycles. The maximum atomic E-state index is 8.56. The van der Waals surface area contributed by atoms with E-state index < -0.39 is 166 Å². The van der Waals surface area contributed by atoms with Crippen molar-refractivity contribution in [2.45, 2.75) is 0 Å². The van der Waals surface area contributed by atoms with E-state index >= 15 is 0 Å². The van der Waals surface area contributed by atoms with Gasteiger partial charge in [-0.15, -0.1) is 0 Å². The van der Waals surface area contributed by atoms with E-state index in [1.807, 2.05) is 0 Å². The Morgan fingerprint density at radius 3 is 0.0909 bits per heavy atom. The molecule has 0 aromatic rings. The first-order valence-electron chi connectivity index (χ1n) is 17.5. The van der Waals surface area contributed by atoms with Crippen LogP contribution >= 0.6 is 0 Å². The van der Waals surface area contributed by atoms with Crippen LogP contribution in [0.1, 0.15) is 0 Å². The first-order valence-corrected chi connectivity index (χ1v) is 17.5. The average molecular weight is 1720 g/mol. The van der Waals surface area contributed by atoms with Gasteiger partial charge in [-0.3, -0.25) is 0 Å². The summed E-state index contributed by atoms with van der Waals surface area (Å²) in [5, 5.41) is 379. The second kappa shape index (κ2) is 186. The first kappa shape index (κ1) is 192. The van der Waals surface area contributed by atoms with Crippen molar-refractivity contribution in [2.75, 3.05) is 0 Å². The van der Waals surface area contributed by atoms with Crippen molar-refractivity contribution in [3.63, 3.8) is 0 Å². The molecular formula is C27H52Na2O81. The molecule has 83 heteroatoms. The van der Waals surface area contributed by atoms with Gasteiger partial charge in [0.25, 0.3) is 0 Å². The van der Waals surface area contributed by atoms with Crippen LogP contribution < -0.4 is 69.3 Å². The predicted molar refractivity (Wildman–Crippen MR) is 282 cm³/mol. The molecule has 0 amide bonds. The minimum atomic E-state index is -2.33. The number of hydrogen-bond donors (Lipinski definition) is 52. The summed E-state index contributed by atoms with van der Waals surface area (Å²) in [4.78, 5) is 231. The first-order chi connectivity index (χ1) is 46.8. The molecule has 81 nitrogen and oxygen atoms in total. The van der Waals surface area contributed by atoms with Gasteiger partial charge < -0.3 is 281 Å². The molecule has 0 aliphatic carbocycles. The standard InChI is InChI=1S/27CH2O3.2Na/c27*2-1(3)4;;/h27*(H2,2,3,4);;/q;;;;;;;;;;;;;;;;;;;;;;;;;;;2*+1/p-2. The number of carbonyl (C=O) groups excluding carboxylic acids is 1. The summed E-state index contributed by atoms with van der Waals surface area (Å²) in [6.45, 7) is 0. The predicted octanol–water partition coefficient (Wildman–Crippen LogP) is -2.66. The van der Waals surface area contributed by atoms with E-state index in [0.29, 0.717) is 0 Å². The van der Waals surface area contributed by atoms with Crippen LogP contribution in [0.25, 0.3) is 0 Å². The van der Waals surface area contributed by atoms with Crippen LogP contribution in [0, 0.1) is 0 Å². The second-order valence-corrected chi connectivity index (χ2v) is 7.60. The number of hydrogen-bond acceptors (Lipinski definition) is 29. The third kappa shape index (κ3) is 2300. The molecule has 0 fully saturated rings. The maximum absolute atomic E-state index is 8.56. The van der Waals surface area contributed by atoms with Gasteiger partial charge in [0.05, 0.1) is 0 Å². The summed E-state index contributed by atoms with van der Waals surface area (Å²) in [5.41, 5.74) is 0. The fourth-order valence-corrected chi connectivity index (χ4v) is 0. The van der Waals surface area contributed by atoms with Gasteiger partial charge >= 0.3 is 219 Å². The fraction of sp³-hybridized carbons (Fsp3) is 0. The summed E-state index contributed by atoms with van der Waals surface area (Å²) in [5.74, 6) is 0. The smallest absolute Gasteiger partial charge is 0.652 e. The monoisotopic (exact) mass is 1720 g/mol. The minimum Gasteiger partial charge on any atom is -0.652 e. The van der Waals surface area contributed by atoms with Gasteiger partial charge in [0.15, 0.2) is 0 Å². The molecule has 0 aromatic heterocycles. The molecule has 0 radical (unpaired) electrons. The van der Waals surface area contributed by atoms with Crippen molar-refractivity contribution < 1.29 is 464 Å². The summed E-state index contributed by atoms with van der Waals surface area (Å²) in [7, 11) is 0. The van der Waals surface area contributed by atoms with Crippen LogP contribution in [-0.4, -0.2) is 432 Å². The minimum absolute atomic E-state index is 0. The molecule has 0 aromatic carbocycles. The van der Waals surface area contributed by atoms with E-state index in [2.05, 4.69) is 0 Å². The van der Waals surface area contributed by atoms with Crippen molar-refractivity contribution in [2.24, 2.45) is 0 Å². The van der Waals surface area contributed by atoms with Crippen molar-refractivity contribution in [3.05, 3.63) is 0 Å². The quantitative estimate of drug-likeness (QED) is 0.110. The number of rotatable bonds is 0. The van der Waals surface area contributed by atoms with Crippen LogP contribution in [-0.2, 0) is 0 Å². The fourth-order valence-electron chi connectivity index (χ4n) is 0. The van der Waals surface area contributed by atoms with E-state index in [4.69, 9.17) is 405 Å². The topological polar surface area (TPSA) is 1560 Å².